The molecule has 2 rings (SSSR count). The fraction of sp³-hybridized carbons (Fsp3) is 0.667. The van der Waals surface area contributed by atoms with Gasteiger partial charge in [-0.05, 0) is 18.9 Å². The van der Waals surface area contributed by atoms with Crippen LogP contribution in [0.2, 0.25) is 0 Å². The van der Waals surface area contributed by atoms with Gasteiger partial charge in [0.05, 0.1) is 24.7 Å². The molecule has 0 saturated carbocycles. The van der Waals surface area contributed by atoms with Crippen LogP contribution in [0.3, 0.4) is 0 Å². The Balaban J connectivity index is 2.00. The van der Waals surface area contributed by atoms with Gasteiger partial charge in [-0.15, -0.1) is 0 Å². The summed E-state index contributed by atoms with van der Waals surface area (Å²) >= 11 is 0. The topological polar surface area (TPSA) is 61.3 Å². The molecule has 2 unspecified atom stereocenters. The highest BCUT2D eigenvalue weighted by Crippen LogP contribution is 2.24. The first-order chi connectivity index (χ1) is 8.24. The molecule has 1 aliphatic rings. The summed E-state index contributed by atoms with van der Waals surface area (Å²) in [6.45, 7) is 4.22. The predicted molar refractivity (Wildman–Crippen MR) is 66.6 cm³/mol. The number of hydrogen-bond donors (Lipinski definition) is 2. The minimum atomic E-state index is 0.225. The van der Waals surface area contributed by atoms with E-state index in [1.807, 2.05) is 7.05 Å². The van der Waals surface area contributed by atoms with Crippen LogP contribution in [0.1, 0.15) is 19.0 Å². The van der Waals surface area contributed by atoms with Crippen LogP contribution in [0.15, 0.2) is 12.4 Å². The van der Waals surface area contributed by atoms with E-state index in [0.717, 1.165) is 31.0 Å². The predicted octanol–water partition coefficient (Wildman–Crippen LogP) is 0.721. The van der Waals surface area contributed by atoms with Crippen LogP contribution in [0, 0.1) is 5.92 Å². The first-order valence-corrected chi connectivity index (χ1v) is 6.08. The Morgan fingerprint density at radius 2 is 2.29 bits per heavy atom. The Labute approximate surface area is 102 Å². The number of aliphatic hydroxyl groups is 1. The van der Waals surface area contributed by atoms with Gasteiger partial charge >= 0.3 is 0 Å². The number of nitrogens with zero attached hydrogens (tertiary/aromatic N) is 3. The fourth-order valence-corrected chi connectivity index (χ4v) is 2.35. The quantitative estimate of drug-likeness (QED) is 0.806. The molecule has 5 heteroatoms. The van der Waals surface area contributed by atoms with Gasteiger partial charge in [0.15, 0.2) is 0 Å². The van der Waals surface area contributed by atoms with Gasteiger partial charge in [-0.2, -0.15) is 0 Å². The Hall–Kier alpha value is -1.20. The number of hydrogen-bond acceptors (Lipinski definition) is 5. The SMILES string of the molecule is CNc1cnc(CN2CCC(C)C2CO)cn1. The summed E-state index contributed by atoms with van der Waals surface area (Å²) in [4.78, 5) is 10.9. The summed E-state index contributed by atoms with van der Waals surface area (Å²) in [6.07, 6.45) is 4.68. The number of anilines is 1. The van der Waals surface area contributed by atoms with Gasteiger partial charge in [-0.1, -0.05) is 6.92 Å². The van der Waals surface area contributed by atoms with Crippen LogP contribution in [-0.2, 0) is 6.54 Å². The van der Waals surface area contributed by atoms with Crippen molar-refractivity contribution in [1.82, 2.24) is 14.9 Å². The molecular formula is C12H20N4O. The van der Waals surface area contributed by atoms with E-state index in [1.165, 1.54) is 0 Å². The van der Waals surface area contributed by atoms with Crippen LogP contribution < -0.4 is 5.32 Å². The molecule has 2 atom stereocenters. The molecule has 0 aromatic carbocycles. The van der Waals surface area contributed by atoms with Crippen molar-refractivity contribution >= 4 is 5.82 Å². The van der Waals surface area contributed by atoms with Crippen molar-refractivity contribution in [2.75, 3.05) is 25.5 Å². The van der Waals surface area contributed by atoms with Crippen molar-refractivity contribution in [1.29, 1.82) is 0 Å². The number of aliphatic hydroxyl groups excluding tert-OH is 1. The summed E-state index contributed by atoms with van der Waals surface area (Å²) in [5, 5.41) is 12.3. The maximum absolute atomic E-state index is 9.38. The zero-order valence-electron chi connectivity index (χ0n) is 10.4. The summed E-state index contributed by atoms with van der Waals surface area (Å²) in [5.41, 5.74) is 0.955. The van der Waals surface area contributed by atoms with Crippen LogP contribution >= 0.6 is 0 Å². The number of nitrogens with one attached hydrogen (secondary N) is 1. The molecule has 2 heterocycles. The molecule has 1 fully saturated rings. The van der Waals surface area contributed by atoms with Crippen LogP contribution in [0.4, 0.5) is 5.82 Å². The van der Waals surface area contributed by atoms with Crippen molar-refractivity contribution < 1.29 is 5.11 Å². The lowest BCUT2D eigenvalue weighted by molar-refractivity contribution is 0.133. The zero-order chi connectivity index (χ0) is 12.3. The molecule has 0 amide bonds. The zero-order valence-corrected chi connectivity index (χ0v) is 10.4. The van der Waals surface area contributed by atoms with E-state index in [0.29, 0.717) is 5.92 Å². The van der Waals surface area contributed by atoms with E-state index < -0.39 is 0 Å². The second kappa shape index (κ2) is 5.42. The van der Waals surface area contributed by atoms with Crippen molar-refractivity contribution in [2.45, 2.75) is 25.9 Å². The van der Waals surface area contributed by atoms with Gasteiger partial charge in [-0.25, -0.2) is 4.98 Å². The van der Waals surface area contributed by atoms with Gasteiger partial charge in [0.2, 0.25) is 0 Å². The van der Waals surface area contributed by atoms with E-state index in [1.54, 1.807) is 12.4 Å². The lowest BCUT2D eigenvalue weighted by Gasteiger charge is -2.24. The molecular weight excluding hydrogens is 216 g/mol. The van der Waals surface area contributed by atoms with Gasteiger partial charge in [-0.3, -0.25) is 9.88 Å². The summed E-state index contributed by atoms with van der Waals surface area (Å²) in [7, 11) is 1.83. The van der Waals surface area contributed by atoms with Crippen LogP contribution in [-0.4, -0.2) is 46.2 Å². The minimum Gasteiger partial charge on any atom is -0.395 e. The van der Waals surface area contributed by atoms with E-state index in [-0.39, 0.29) is 12.6 Å². The van der Waals surface area contributed by atoms with Crippen molar-refractivity contribution in [2.24, 2.45) is 5.92 Å². The molecule has 0 bridgehead atoms. The van der Waals surface area contributed by atoms with Gasteiger partial charge in [0.25, 0.3) is 0 Å². The monoisotopic (exact) mass is 236 g/mol. The Morgan fingerprint density at radius 1 is 1.47 bits per heavy atom. The third kappa shape index (κ3) is 2.73. The second-order valence-electron chi connectivity index (χ2n) is 4.63. The first kappa shape index (κ1) is 12.3. The Bertz CT molecular complexity index is 354. The molecule has 17 heavy (non-hydrogen) atoms. The van der Waals surface area contributed by atoms with Crippen molar-refractivity contribution in [3.63, 3.8) is 0 Å². The lowest BCUT2D eigenvalue weighted by Crippen LogP contribution is -2.34. The average molecular weight is 236 g/mol. The summed E-state index contributed by atoms with van der Waals surface area (Å²) in [5.74, 6) is 1.34. The maximum Gasteiger partial charge on any atom is 0.144 e. The highest BCUT2D eigenvalue weighted by atomic mass is 16.3. The van der Waals surface area contributed by atoms with E-state index in [2.05, 4.69) is 27.1 Å². The fourth-order valence-electron chi connectivity index (χ4n) is 2.35. The van der Waals surface area contributed by atoms with Crippen LogP contribution in [0.25, 0.3) is 0 Å². The average Bonchev–Trinajstić information content (AvgIpc) is 2.71. The molecule has 0 spiro atoms. The molecule has 5 nitrogen and oxygen atoms in total. The number of aromatic nitrogens is 2. The first-order valence-electron chi connectivity index (χ1n) is 6.08. The Kier molecular flexibility index (Phi) is 3.91. The van der Waals surface area contributed by atoms with Crippen molar-refractivity contribution in [3.05, 3.63) is 18.1 Å². The van der Waals surface area contributed by atoms with E-state index in [9.17, 15) is 5.11 Å². The minimum absolute atomic E-state index is 0.225. The number of likely N-dealkylation sites (tertiary alicyclic amines) is 1. The molecule has 2 N–H and O–H groups in total. The molecule has 1 saturated heterocycles. The lowest BCUT2D eigenvalue weighted by atomic mass is 10.0. The molecule has 1 aliphatic heterocycles. The standard InChI is InChI=1S/C12H20N4O/c1-9-3-4-16(11(9)8-17)7-10-5-15-12(13-2)6-14-10/h5-6,9,11,17H,3-4,7-8H2,1-2H3,(H,13,15). The van der Waals surface area contributed by atoms with Gasteiger partial charge < -0.3 is 10.4 Å². The smallest absolute Gasteiger partial charge is 0.144 e. The molecule has 94 valence electrons. The second-order valence-corrected chi connectivity index (χ2v) is 4.63. The van der Waals surface area contributed by atoms with Crippen molar-refractivity contribution in [3.8, 4) is 0 Å². The van der Waals surface area contributed by atoms with E-state index in [4.69, 9.17) is 0 Å². The molecule has 1 aromatic rings. The molecule has 0 radical (unpaired) electrons. The summed E-state index contributed by atoms with van der Waals surface area (Å²) in [6, 6.07) is 0.265. The molecule has 0 aliphatic carbocycles. The third-order valence-corrected chi connectivity index (χ3v) is 3.51. The maximum atomic E-state index is 9.38. The van der Waals surface area contributed by atoms with Gasteiger partial charge in [0.1, 0.15) is 5.82 Å². The largest absolute Gasteiger partial charge is 0.395 e. The van der Waals surface area contributed by atoms with Crippen LogP contribution in [0.5, 0.6) is 0 Å². The molecule has 1 aromatic heterocycles. The van der Waals surface area contributed by atoms with E-state index >= 15 is 0 Å². The normalized spacial score (nSPS) is 25.1. The van der Waals surface area contributed by atoms with Gasteiger partial charge in [0, 0.05) is 19.6 Å². The highest BCUT2D eigenvalue weighted by molar-refractivity contribution is 5.29. The summed E-state index contributed by atoms with van der Waals surface area (Å²) < 4.78 is 0. The highest BCUT2D eigenvalue weighted by Gasteiger charge is 2.30. The Morgan fingerprint density at radius 3 is 2.88 bits per heavy atom. The third-order valence-electron chi connectivity index (χ3n) is 3.51. The number of rotatable bonds is 4.